The van der Waals surface area contributed by atoms with Gasteiger partial charge in [0.05, 0.1) is 12.2 Å². The number of carbonyl (C=O) groups excluding carboxylic acids is 1. The number of hydrogen-bond donors (Lipinski definition) is 1. The number of nitrogens with zero attached hydrogens (tertiary/aromatic N) is 4. The maximum absolute atomic E-state index is 11.2. The first-order chi connectivity index (χ1) is 9.46. The Labute approximate surface area is 119 Å². The van der Waals surface area contributed by atoms with Gasteiger partial charge in [0, 0.05) is 6.04 Å². The lowest BCUT2D eigenvalue weighted by molar-refractivity contribution is -0.116. The topological polar surface area (TPSA) is 95.9 Å². The molecule has 1 aromatic heterocycles. The van der Waals surface area contributed by atoms with E-state index in [2.05, 4.69) is 16.3 Å². The van der Waals surface area contributed by atoms with Crippen molar-refractivity contribution in [3.63, 3.8) is 0 Å². The van der Waals surface area contributed by atoms with Gasteiger partial charge in [0.15, 0.2) is 5.82 Å². The van der Waals surface area contributed by atoms with E-state index in [9.17, 15) is 10.1 Å². The van der Waals surface area contributed by atoms with Gasteiger partial charge in [-0.25, -0.2) is 0 Å². The maximum Gasteiger partial charge on any atom is 0.237 e. The number of nitriles is 1. The Kier molecular flexibility index (Phi) is 5.44. The molecule has 0 aromatic carbocycles. The molecule has 0 spiro atoms. The molecule has 0 atom stereocenters. The fraction of sp³-hybridized carbons (Fsp3) is 0.571. The van der Waals surface area contributed by atoms with Crippen molar-refractivity contribution in [1.29, 1.82) is 5.26 Å². The number of amides is 1. The standard InChI is InChI=1S/C14H21N5O/c1-5-10-11(7-15)14(18-17-12(10)6-2)19(9(3)4)8-13(16)20/h9H,5-6,8H2,1-4H3,(H2,16,20). The van der Waals surface area contributed by atoms with Crippen molar-refractivity contribution >= 4 is 11.7 Å². The van der Waals surface area contributed by atoms with Crippen molar-refractivity contribution in [2.24, 2.45) is 5.73 Å². The lowest BCUT2D eigenvalue weighted by Crippen LogP contribution is -2.40. The number of nitrogens with two attached hydrogens (primary N) is 1. The first kappa shape index (κ1) is 15.9. The van der Waals surface area contributed by atoms with Crippen molar-refractivity contribution < 1.29 is 4.79 Å². The summed E-state index contributed by atoms with van der Waals surface area (Å²) >= 11 is 0. The van der Waals surface area contributed by atoms with Gasteiger partial charge in [0.25, 0.3) is 0 Å². The molecule has 0 fully saturated rings. The summed E-state index contributed by atoms with van der Waals surface area (Å²) in [6.07, 6.45) is 1.43. The molecule has 108 valence electrons. The van der Waals surface area contributed by atoms with Crippen LogP contribution in [0.15, 0.2) is 0 Å². The summed E-state index contributed by atoms with van der Waals surface area (Å²) in [5.41, 5.74) is 7.50. The molecule has 0 aliphatic heterocycles. The van der Waals surface area contributed by atoms with Gasteiger partial charge in [-0.15, -0.1) is 5.10 Å². The van der Waals surface area contributed by atoms with Gasteiger partial charge in [0.2, 0.25) is 5.91 Å². The van der Waals surface area contributed by atoms with Crippen LogP contribution < -0.4 is 10.6 Å². The van der Waals surface area contributed by atoms with Crippen LogP contribution in [0.25, 0.3) is 0 Å². The monoisotopic (exact) mass is 275 g/mol. The second-order valence-electron chi connectivity index (χ2n) is 4.83. The molecule has 0 radical (unpaired) electrons. The second kappa shape index (κ2) is 6.85. The van der Waals surface area contributed by atoms with Crippen LogP contribution in [-0.2, 0) is 17.6 Å². The number of hydrogen-bond acceptors (Lipinski definition) is 5. The first-order valence-electron chi connectivity index (χ1n) is 6.79. The third-order valence-electron chi connectivity index (χ3n) is 3.16. The van der Waals surface area contributed by atoms with E-state index in [1.807, 2.05) is 27.7 Å². The van der Waals surface area contributed by atoms with Gasteiger partial charge in [0.1, 0.15) is 11.6 Å². The fourth-order valence-corrected chi connectivity index (χ4v) is 2.15. The molecule has 0 saturated heterocycles. The number of carbonyl (C=O) groups is 1. The van der Waals surface area contributed by atoms with E-state index in [4.69, 9.17) is 5.73 Å². The van der Waals surface area contributed by atoms with Gasteiger partial charge in [-0.1, -0.05) is 13.8 Å². The van der Waals surface area contributed by atoms with Crippen LogP contribution in [0.5, 0.6) is 0 Å². The molecule has 0 saturated carbocycles. The fourth-order valence-electron chi connectivity index (χ4n) is 2.15. The van der Waals surface area contributed by atoms with Gasteiger partial charge in [-0.05, 0) is 32.3 Å². The smallest absolute Gasteiger partial charge is 0.237 e. The molecule has 6 heteroatoms. The minimum Gasteiger partial charge on any atom is -0.368 e. The zero-order valence-corrected chi connectivity index (χ0v) is 12.5. The quantitative estimate of drug-likeness (QED) is 0.840. The lowest BCUT2D eigenvalue weighted by Gasteiger charge is -2.27. The molecular weight excluding hydrogens is 254 g/mol. The van der Waals surface area contributed by atoms with Crippen molar-refractivity contribution in [3.05, 3.63) is 16.8 Å². The van der Waals surface area contributed by atoms with E-state index in [-0.39, 0.29) is 12.6 Å². The number of aromatic nitrogens is 2. The van der Waals surface area contributed by atoms with E-state index < -0.39 is 5.91 Å². The molecule has 0 unspecified atom stereocenters. The molecule has 1 heterocycles. The predicted molar refractivity (Wildman–Crippen MR) is 77.2 cm³/mol. The Morgan fingerprint density at radius 1 is 1.35 bits per heavy atom. The van der Waals surface area contributed by atoms with E-state index in [1.165, 1.54) is 0 Å². The summed E-state index contributed by atoms with van der Waals surface area (Å²) in [5, 5.41) is 17.8. The molecule has 2 N–H and O–H groups in total. The van der Waals surface area contributed by atoms with Crippen molar-refractivity contribution in [1.82, 2.24) is 10.2 Å². The number of aryl methyl sites for hydroxylation is 1. The zero-order chi connectivity index (χ0) is 15.3. The number of primary amides is 1. The average molecular weight is 275 g/mol. The molecular formula is C14H21N5O. The highest BCUT2D eigenvalue weighted by molar-refractivity contribution is 5.80. The third-order valence-corrected chi connectivity index (χ3v) is 3.16. The van der Waals surface area contributed by atoms with E-state index in [0.29, 0.717) is 17.8 Å². The zero-order valence-electron chi connectivity index (χ0n) is 12.5. The van der Waals surface area contributed by atoms with Crippen molar-refractivity contribution in [3.8, 4) is 6.07 Å². The van der Waals surface area contributed by atoms with Crippen LogP contribution in [0, 0.1) is 11.3 Å². The highest BCUT2D eigenvalue weighted by atomic mass is 16.1. The minimum atomic E-state index is -0.456. The van der Waals surface area contributed by atoms with Crippen LogP contribution in [-0.4, -0.2) is 28.7 Å². The molecule has 1 amide bonds. The molecule has 0 aliphatic rings. The summed E-state index contributed by atoms with van der Waals surface area (Å²) < 4.78 is 0. The molecule has 1 aromatic rings. The number of anilines is 1. The largest absolute Gasteiger partial charge is 0.368 e. The number of rotatable bonds is 6. The average Bonchev–Trinajstić information content (AvgIpc) is 2.42. The molecule has 0 aliphatic carbocycles. The Bertz CT molecular complexity index is 533. The highest BCUT2D eigenvalue weighted by Gasteiger charge is 2.22. The van der Waals surface area contributed by atoms with E-state index in [0.717, 1.165) is 17.7 Å². The Hall–Kier alpha value is -2.16. The van der Waals surface area contributed by atoms with Crippen LogP contribution in [0.4, 0.5) is 5.82 Å². The van der Waals surface area contributed by atoms with Gasteiger partial charge in [-0.2, -0.15) is 10.4 Å². The van der Waals surface area contributed by atoms with Crippen molar-refractivity contribution in [2.45, 2.75) is 46.6 Å². The predicted octanol–water partition coefficient (Wildman–Crippen LogP) is 1.17. The van der Waals surface area contributed by atoms with Crippen LogP contribution in [0.2, 0.25) is 0 Å². The summed E-state index contributed by atoms with van der Waals surface area (Å²) in [6, 6.07) is 2.20. The molecule has 0 bridgehead atoms. The summed E-state index contributed by atoms with van der Waals surface area (Å²) in [5.74, 6) is -0.0163. The maximum atomic E-state index is 11.2. The van der Waals surface area contributed by atoms with Crippen molar-refractivity contribution in [2.75, 3.05) is 11.4 Å². The Balaban J connectivity index is 3.43. The van der Waals surface area contributed by atoms with E-state index in [1.54, 1.807) is 4.90 Å². The first-order valence-corrected chi connectivity index (χ1v) is 6.79. The minimum absolute atomic E-state index is 0.00100. The molecule has 6 nitrogen and oxygen atoms in total. The highest BCUT2D eigenvalue weighted by Crippen LogP contribution is 2.24. The van der Waals surface area contributed by atoms with Crippen LogP contribution >= 0.6 is 0 Å². The summed E-state index contributed by atoms with van der Waals surface area (Å²) in [6.45, 7) is 7.83. The third kappa shape index (κ3) is 3.23. The molecule has 20 heavy (non-hydrogen) atoms. The molecule has 1 rings (SSSR count). The van der Waals surface area contributed by atoms with Crippen LogP contribution in [0.3, 0.4) is 0 Å². The Morgan fingerprint density at radius 3 is 2.40 bits per heavy atom. The summed E-state index contributed by atoms with van der Waals surface area (Å²) in [7, 11) is 0. The van der Waals surface area contributed by atoms with Gasteiger partial charge < -0.3 is 10.6 Å². The normalized spacial score (nSPS) is 10.4. The SMILES string of the molecule is CCc1nnc(N(CC(N)=O)C(C)C)c(C#N)c1CC. The van der Waals surface area contributed by atoms with Crippen LogP contribution in [0.1, 0.15) is 44.5 Å². The van der Waals surface area contributed by atoms with E-state index >= 15 is 0 Å². The summed E-state index contributed by atoms with van der Waals surface area (Å²) in [4.78, 5) is 12.9. The second-order valence-corrected chi connectivity index (χ2v) is 4.83. The lowest BCUT2D eigenvalue weighted by atomic mass is 10.0. The van der Waals surface area contributed by atoms with Gasteiger partial charge >= 0.3 is 0 Å². The Morgan fingerprint density at radius 2 is 2.00 bits per heavy atom. The van der Waals surface area contributed by atoms with Gasteiger partial charge in [-0.3, -0.25) is 4.79 Å².